The SMILES string of the molecule is CCC(C)NC(=O)C(C)N(CCO)C(CC)CC. The average Bonchev–Trinajstić information content (AvgIpc) is 2.37. The zero-order chi connectivity index (χ0) is 14.1. The van der Waals surface area contributed by atoms with Crippen molar-refractivity contribution in [3.63, 3.8) is 0 Å². The fourth-order valence-corrected chi connectivity index (χ4v) is 2.18. The standard InChI is InChI=1S/C14H30N2O2/c1-6-11(4)15-14(18)12(5)16(9-10-17)13(7-2)8-3/h11-13,17H,6-10H2,1-5H3,(H,15,18). The van der Waals surface area contributed by atoms with Gasteiger partial charge in [-0.05, 0) is 33.1 Å². The molecule has 4 nitrogen and oxygen atoms in total. The van der Waals surface area contributed by atoms with Crippen LogP contribution in [0.3, 0.4) is 0 Å². The van der Waals surface area contributed by atoms with E-state index in [4.69, 9.17) is 5.11 Å². The molecule has 2 unspecified atom stereocenters. The molecule has 1 amide bonds. The molecule has 18 heavy (non-hydrogen) atoms. The molecule has 0 aliphatic heterocycles. The van der Waals surface area contributed by atoms with Gasteiger partial charge in [-0.15, -0.1) is 0 Å². The van der Waals surface area contributed by atoms with Gasteiger partial charge < -0.3 is 10.4 Å². The van der Waals surface area contributed by atoms with Crippen molar-refractivity contribution in [2.75, 3.05) is 13.2 Å². The van der Waals surface area contributed by atoms with Crippen LogP contribution in [0.2, 0.25) is 0 Å². The van der Waals surface area contributed by atoms with Crippen LogP contribution in [0, 0.1) is 0 Å². The van der Waals surface area contributed by atoms with E-state index in [1.54, 1.807) is 0 Å². The summed E-state index contributed by atoms with van der Waals surface area (Å²) in [6.07, 6.45) is 2.93. The van der Waals surface area contributed by atoms with Gasteiger partial charge >= 0.3 is 0 Å². The summed E-state index contributed by atoms with van der Waals surface area (Å²) in [4.78, 5) is 14.2. The zero-order valence-corrected chi connectivity index (χ0v) is 12.6. The summed E-state index contributed by atoms with van der Waals surface area (Å²) in [5.41, 5.74) is 0. The number of aliphatic hydroxyl groups excluding tert-OH is 1. The van der Waals surface area contributed by atoms with Gasteiger partial charge in [-0.2, -0.15) is 0 Å². The predicted octanol–water partition coefficient (Wildman–Crippen LogP) is 1.77. The third-order valence-corrected chi connectivity index (χ3v) is 3.65. The largest absolute Gasteiger partial charge is 0.395 e. The maximum absolute atomic E-state index is 12.1. The first-order chi connectivity index (χ1) is 8.51. The third-order valence-electron chi connectivity index (χ3n) is 3.65. The second-order valence-electron chi connectivity index (χ2n) is 4.93. The van der Waals surface area contributed by atoms with E-state index in [1.165, 1.54) is 0 Å². The Morgan fingerprint density at radius 2 is 1.72 bits per heavy atom. The van der Waals surface area contributed by atoms with Crippen LogP contribution in [0.4, 0.5) is 0 Å². The fraction of sp³-hybridized carbons (Fsp3) is 0.929. The van der Waals surface area contributed by atoms with Crippen LogP contribution in [0.5, 0.6) is 0 Å². The lowest BCUT2D eigenvalue weighted by Gasteiger charge is -2.34. The summed E-state index contributed by atoms with van der Waals surface area (Å²) >= 11 is 0. The van der Waals surface area contributed by atoms with E-state index in [2.05, 4.69) is 31.0 Å². The number of nitrogens with one attached hydrogen (secondary N) is 1. The molecule has 0 aromatic rings. The molecule has 0 radical (unpaired) electrons. The van der Waals surface area contributed by atoms with E-state index in [9.17, 15) is 4.79 Å². The van der Waals surface area contributed by atoms with Crippen molar-refractivity contribution in [2.45, 2.75) is 72.0 Å². The van der Waals surface area contributed by atoms with Crippen molar-refractivity contribution < 1.29 is 9.90 Å². The highest BCUT2D eigenvalue weighted by Crippen LogP contribution is 2.12. The second-order valence-corrected chi connectivity index (χ2v) is 4.93. The van der Waals surface area contributed by atoms with E-state index in [0.717, 1.165) is 19.3 Å². The first kappa shape index (κ1) is 17.4. The smallest absolute Gasteiger partial charge is 0.237 e. The second kappa shape index (κ2) is 9.34. The minimum atomic E-state index is -0.184. The molecule has 0 heterocycles. The fourth-order valence-electron chi connectivity index (χ4n) is 2.18. The van der Waals surface area contributed by atoms with Gasteiger partial charge in [-0.1, -0.05) is 20.8 Å². The summed E-state index contributed by atoms with van der Waals surface area (Å²) in [5, 5.41) is 12.2. The number of amides is 1. The van der Waals surface area contributed by atoms with Crippen LogP contribution < -0.4 is 5.32 Å². The number of hydrogen-bond donors (Lipinski definition) is 2. The van der Waals surface area contributed by atoms with E-state index in [0.29, 0.717) is 12.6 Å². The molecular weight excluding hydrogens is 228 g/mol. The van der Waals surface area contributed by atoms with Crippen LogP contribution >= 0.6 is 0 Å². The molecule has 2 N–H and O–H groups in total. The lowest BCUT2D eigenvalue weighted by Crippen LogP contribution is -2.52. The quantitative estimate of drug-likeness (QED) is 0.663. The van der Waals surface area contributed by atoms with Gasteiger partial charge in [0.25, 0.3) is 0 Å². The molecule has 108 valence electrons. The first-order valence-corrected chi connectivity index (χ1v) is 7.18. The lowest BCUT2D eigenvalue weighted by molar-refractivity contribution is -0.127. The van der Waals surface area contributed by atoms with Crippen molar-refractivity contribution >= 4 is 5.91 Å². The molecule has 0 saturated heterocycles. The molecule has 0 aromatic heterocycles. The molecule has 0 fully saturated rings. The minimum absolute atomic E-state index is 0.0599. The first-order valence-electron chi connectivity index (χ1n) is 7.18. The summed E-state index contributed by atoms with van der Waals surface area (Å²) < 4.78 is 0. The van der Waals surface area contributed by atoms with Crippen molar-refractivity contribution in [1.82, 2.24) is 10.2 Å². The molecule has 0 spiro atoms. The Kier molecular flexibility index (Phi) is 9.02. The van der Waals surface area contributed by atoms with E-state index < -0.39 is 0 Å². The number of nitrogens with zero attached hydrogens (tertiary/aromatic N) is 1. The van der Waals surface area contributed by atoms with Gasteiger partial charge in [0.1, 0.15) is 0 Å². The monoisotopic (exact) mass is 258 g/mol. The van der Waals surface area contributed by atoms with Crippen LogP contribution in [0.15, 0.2) is 0 Å². The molecule has 0 bridgehead atoms. The van der Waals surface area contributed by atoms with Crippen molar-refractivity contribution in [3.05, 3.63) is 0 Å². The van der Waals surface area contributed by atoms with Crippen LogP contribution in [0.25, 0.3) is 0 Å². The van der Waals surface area contributed by atoms with Crippen LogP contribution in [-0.2, 0) is 4.79 Å². The molecule has 0 aliphatic rings. The number of hydrogen-bond acceptors (Lipinski definition) is 3. The van der Waals surface area contributed by atoms with Crippen molar-refractivity contribution in [1.29, 1.82) is 0 Å². The molecule has 4 heteroatoms. The van der Waals surface area contributed by atoms with Crippen molar-refractivity contribution in [3.8, 4) is 0 Å². The van der Waals surface area contributed by atoms with Gasteiger partial charge in [-0.25, -0.2) is 0 Å². The molecule has 0 rings (SSSR count). The third kappa shape index (κ3) is 5.36. The van der Waals surface area contributed by atoms with Crippen LogP contribution in [0.1, 0.15) is 53.9 Å². The summed E-state index contributed by atoms with van der Waals surface area (Å²) in [6, 6.07) is 0.378. The minimum Gasteiger partial charge on any atom is -0.395 e. The predicted molar refractivity (Wildman–Crippen MR) is 75.5 cm³/mol. The Morgan fingerprint density at radius 1 is 1.17 bits per heavy atom. The zero-order valence-electron chi connectivity index (χ0n) is 12.6. The Labute approximate surface area is 112 Å². The highest BCUT2D eigenvalue weighted by Gasteiger charge is 2.26. The molecular formula is C14H30N2O2. The maximum Gasteiger partial charge on any atom is 0.237 e. The summed E-state index contributed by atoms with van der Waals surface area (Å²) in [6.45, 7) is 10.9. The lowest BCUT2D eigenvalue weighted by atomic mass is 10.1. The van der Waals surface area contributed by atoms with E-state index in [1.807, 2.05) is 13.8 Å². The van der Waals surface area contributed by atoms with Gasteiger partial charge in [0.05, 0.1) is 12.6 Å². The summed E-state index contributed by atoms with van der Waals surface area (Å²) in [5.74, 6) is 0.0599. The molecule has 0 aromatic carbocycles. The number of carbonyl (C=O) groups excluding carboxylic acids is 1. The van der Waals surface area contributed by atoms with E-state index in [-0.39, 0.29) is 24.6 Å². The highest BCUT2D eigenvalue weighted by molar-refractivity contribution is 5.81. The average molecular weight is 258 g/mol. The Balaban J connectivity index is 4.63. The van der Waals surface area contributed by atoms with Gasteiger partial charge in [0.15, 0.2) is 0 Å². The molecule has 0 saturated carbocycles. The maximum atomic E-state index is 12.1. The molecule has 0 aliphatic carbocycles. The van der Waals surface area contributed by atoms with E-state index >= 15 is 0 Å². The Bertz CT molecular complexity index is 230. The number of aliphatic hydroxyl groups is 1. The van der Waals surface area contributed by atoms with Gasteiger partial charge in [0.2, 0.25) is 5.91 Å². The Hall–Kier alpha value is -0.610. The topological polar surface area (TPSA) is 52.6 Å². The highest BCUT2D eigenvalue weighted by atomic mass is 16.3. The van der Waals surface area contributed by atoms with Gasteiger partial charge in [0, 0.05) is 18.6 Å². The van der Waals surface area contributed by atoms with Gasteiger partial charge in [-0.3, -0.25) is 9.69 Å². The number of rotatable bonds is 9. The normalized spacial score (nSPS) is 14.9. The Morgan fingerprint density at radius 3 is 2.11 bits per heavy atom. The summed E-state index contributed by atoms with van der Waals surface area (Å²) in [7, 11) is 0. The van der Waals surface area contributed by atoms with Crippen molar-refractivity contribution in [2.24, 2.45) is 0 Å². The molecule has 2 atom stereocenters. The van der Waals surface area contributed by atoms with Crippen LogP contribution in [-0.4, -0.2) is 47.2 Å². The number of carbonyl (C=O) groups is 1.